The number of esters is 1. The quantitative estimate of drug-likeness (QED) is 0.469. The standard InChI is InChI=1S/C17H17F3N4O6/c1-2-5-24-14(21)13(15(28)22-16(24)29)10(25)8-30-12(27)7-23-6-9(17(18,19)20)3-4-11(23)26/h3-4,6H,2,5,7-8,21H2,1H3,(H,22,28,29). The van der Waals surface area contributed by atoms with Crippen LogP contribution in [0.4, 0.5) is 19.0 Å². The maximum Gasteiger partial charge on any atom is 0.417 e. The third-order valence-corrected chi connectivity index (χ3v) is 3.94. The van der Waals surface area contributed by atoms with Gasteiger partial charge >= 0.3 is 17.8 Å². The number of aromatic nitrogens is 3. The van der Waals surface area contributed by atoms with Crippen LogP contribution in [-0.2, 0) is 28.8 Å². The Morgan fingerprint density at radius 2 is 1.87 bits per heavy atom. The van der Waals surface area contributed by atoms with Crippen LogP contribution in [-0.4, -0.2) is 32.5 Å². The molecule has 2 aromatic heterocycles. The molecule has 0 aromatic carbocycles. The normalized spacial score (nSPS) is 11.3. The summed E-state index contributed by atoms with van der Waals surface area (Å²) >= 11 is 0. The van der Waals surface area contributed by atoms with Crippen molar-refractivity contribution in [2.24, 2.45) is 0 Å². The highest BCUT2D eigenvalue weighted by atomic mass is 19.4. The van der Waals surface area contributed by atoms with Crippen molar-refractivity contribution in [3.8, 4) is 0 Å². The van der Waals surface area contributed by atoms with Crippen molar-refractivity contribution in [1.82, 2.24) is 14.1 Å². The van der Waals surface area contributed by atoms with E-state index in [1.807, 2.05) is 4.98 Å². The van der Waals surface area contributed by atoms with Gasteiger partial charge < -0.3 is 15.0 Å². The molecule has 0 saturated carbocycles. The zero-order valence-electron chi connectivity index (χ0n) is 15.6. The topological polar surface area (TPSA) is 146 Å². The summed E-state index contributed by atoms with van der Waals surface area (Å²) in [5.74, 6) is -2.62. The minimum atomic E-state index is -4.73. The van der Waals surface area contributed by atoms with E-state index in [-0.39, 0.29) is 6.54 Å². The predicted octanol–water partition coefficient (Wildman–Crippen LogP) is 0.135. The molecular weight excluding hydrogens is 413 g/mol. The fourth-order valence-electron chi connectivity index (χ4n) is 2.53. The number of nitrogens with two attached hydrogens (primary N) is 1. The van der Waals surface area contributed by atoms with Gasteiger partial charge in [0.2, 0.25) is 5.78 Å². The maximum atomic E-state index is 12.7. The summed E-state index contributed by atoms with van der Waals surface area (Å²) in [4.78, 5) is 61.3. The summed E-state index contributed by atoms with van der Waals surface area (Å²) in [6.45, 7) is -0.00266. The molecule has 0 spiro atoms. The lowest BCUT2D eigenvalue weighted by atomic mass is 10.2. The van der Waals surface area contributed by atoms with Crippen molar-refractivity contribution in [3.63, 3.8) is 0 Å². The zero-order valence-corrected chi connectivity index (χ0v) is 15.6. The Bertz CT molecular complexity index is 1150. The van der Waals surface area contributed by atoms with Crippen LogP contribution in [0.1, 0.15) is 29.3 Å². The van der Waals surface area contributed by atoms with Gasteiger partial charge in [0.05, 0.1) is 5.56 Å². The van der Waals surface area contributed by atoms with Crippen LogP contribution in [0.15, 0.2) is 32.7 Å². The monoisotopic (exact) mass is 430 g/mol. The number of nitrogens with one attached hydrogen (secondary N) is 1. The van der Waals surface area contributed by atoms with Gasteiger partial charge in [0.15, 0.2) is 6.61 Å². The number of ketones is 1. The molecule has 0 aliphatic carbocycles. The Kier molecular flexibility index (Phi) is 6.64. The van der Waals surface area contributed by atoms with Gasteiger partial charge in [-0.3, -0.25) is 28.7 Å². The van der Waals surface area contributed by atoms with Crippen LogP contribution in [0.3, 0.4) is 0 Å². The number of halogens is 3. The Morgan fingerprint density at radius 1 is 1.20 bits per heavy atom. The summed E-state index contributed by atoms with van der Waals surface area (Å²) in [5.41, 5.74) is 1.20. The first-order valence-electron chi connectivity index (χ1n) is 8.54. The molecule has 2 aromatic rings. The van der Waals surface area contributed by atoms with E-state index in [4.69, 9.17) is 5.73 Å². The number of pyridine rings is 1. The van der Waals surface area contributed by atoms with Gasteiger partial charge in [-0.05, 0) is 12.5 Å². The number of rotatable bonds is 7. The number of anilines is 1. The molecule has 0 saturated heterocycles. The van der Waals surface area contributed by atoms with Crippen LogP contribution in [0.2, 0.25) is 0 Å². The summed E-state index contributed by atoms with van der Waals surface area (Å²) in [6.07, 6.45) is -3.81. The molecule has 162 valence electrons. The van der Waals surface area contributed by atoms with Crippen molar-refractivity contribution in [2.75, 3.05) is 12.3 Å². The average Bonchev–Trinajstić information content (AvgIpc) is 2.64. The zero-order chi connectivity index (χ0) is 22.6. The van der Waals surface area contributed by atoms with E-state index in [2.05, 4.69) is 4.74 Å². The number of carbonyl (C=O) groups is 2. The number of alkyl halides is 3. The second-order valence-corrected chi connectivity index (χ2v) is 6.14. The molecule has 0 bridgehead atoms. The van der Waals surface area contributed by atoms with Crippen LogP contribution >= 0.6 is 0 Å². The van der Waals surface area contributed by atoms with Gasteiger partial charge in [-0.1, -0.05) is 6.92 Å². The number of hydrogen-bond acceptors (Lipinski definition) is 7. The number of carbonyl (C=O) groups excluding carboxylic acids is 2. The highest BCUT2D eigenvalue weighted by Crippen LogP contribution is 2.27. The van der Waals surface area contributed by atoms with E-state index in [0.717, 1.165) is 4.57 Å². The first-order chi connectivity index (χ1) is 14.0. The Labute approximate surface area is 165 Å². The summed E-state index contributed by atoms with van der Waals surface area (Å²) in [5, 5.41) is 0. The van der Waals surface area contributed by atoms with Gasteiger partial charge in [0.1, 0.15) is 17.9 Å². The molecule has 30 heavy (non-hydrogen) atoms. The number of nitrogens with zero attached hydrogens (tertiary/aromatic N) is 2. The van der Waals surface area contributed by atoms with Crippen LogP contribution in [0.5, 0.6) is 0 Å². The van der Waals surface area contributed by atoms with E-state index >= 15 is 0 Å². The molecule has 13 heteroatoms. The minimum absolute atomic E-state index is 0.125. The number of Topliss-reactive ketones (excluding diaryl/α,β-unsaturated/α-hetero) is 1. The Balaban J connectivity index is 2.16. The summed E-state index contributed by atoms with van der Waals surface area (Å²) in [6, 6.07) is 1.20. The van der Waals surface area contributed by atoms with Gasteiger partial charge in [0.25, 0.3) is 11.1 Å². The fourth-order valence-corrected chi connectivity index (χ4v) is 2.53. The van der Waals surface area contributed by atoms with E-state index in [9.17, 15) is 37.1 Å². The molecule has 0 radical (unpaired) electrons. The van der Waals surface area contributed by atoms with Crippen molar-refractivity contribution < 1.29 is 27.5 Å². The average molecular weight is 430 g/mol. The van der Waals surface area contributed by atoms with Gasteiger partial charge in [0, 0.05) is 18.8 Å². The number of H-pyrrole nitrogens is 1. The van der Waals surface area contributed by atoms with Gasteiger partial charge in [-0.15, -0.1) is 0 Å². The first-order valence-corrected chi connectivity index (χ1v) is 8.54. The smallest absolute Gasteiger partial charge is 0.417 e. The molecule has 0 aliphatic rings. The van der Waals surface area contributed by atoms with Crippen molar-refractivity contribution in [3.05, 3.63) is 60.6 Å². The highest BCUT2D eigenvalue weighted by Gasteiger charge is 2.31. The largest absolute Gasteiger partial charge is 0.456 e. The SMILES string of the molecule is CCCn1c(N)c(C(=O)COC(=O)Cn2cc(C(F)(F)F)ccc2=O)c(=O)[nH]c1=O. The molecule has 0 unspecified atom stereocenters. The van der Waals surface area contributed by atoms with E-state index in [1.165, 1.54) is 0 Å². The van der Waals surface area contributed by atoms with Crippen molar-refractivity contribution in [2.45, 2.75) is 32.6 Å². The Morgan fingerprint density at radius 3 is 2.47 bits per heavy atom. The number of hydrogen-bond donors (Lipinski definition) is 2. The lowest BCUT2D eigenvalue weighted by Crippen LogP contribution is -2.37. The molecule has 0 amide bonds. The van der Waals surface area contributed by atoms with E-state index in [0.29, 0.717) is 29.3 Å². The molecule has 0 fully saturated rings. The van der Waals surface area contributed by atoms with Crippen LogP contribution in [0.25, 0.3) is 0 Å². The lowest BCUT2D eigenvalue weighted by molar-refractivity contribution is -0.144. The van der Waals surface area contributed by atoms with Crippen LogP contribution in [0, 0.1) is 0 Å². The van der Waals surface area contributed by atoms with Gasteiger partial charge in [-0.25, -0.2) is 4.79 Å². The highest BCUT2D eigenvalue weighted by molar-refractivity contribution is 6.01. The first kappa shape index (κ1) is 22.6. The van der Waals surface area contributed by atoms with E-state index in [1.54, 1.807) is 6.92 Å². The van der Waals surface area contributed by atoms with Gasteiger partial charge in [-0.2, -0.15) is 13.2 Å². The third kappa shape index (κ3) is 5.04. The number of nitrogen functional groups attached to an aromatic ring is 1. The van der Waals surface area contributed by atoms with E-state index < -0.39 is 64.8 Å². The molecule has 0 aliphatic heterocycles. The lowest BCUT2D eigenvalue weighted by Gasteiger charge is -2.12. The summed E-state index contributed by atoms with van der Waals surface area (Å²) in [7, 11) is 0. The molecule has 10 nitrogen and oxygen atoms in total. The predicted molar refractivity (Wildman–Crippen MR) is 97.0 cm³/mol. The van der Waals surface area contributed by atoms with Crippen molar-refractivity contribution >= 4 is 17.6 Å². The number of ether oxygens (including phenoxy) is 1. The molecule has 2 rings (SSSR count). The third-order valence-electron chi connectivity index (χ3n) is 3.94. The molecule has 2 heterocycles. The number of aromatic amines is 1. The second kappa shape index (κ2) is 8.80. The fraction of sp³-hybridized carbons (Fsp3) is 0.353. The van der Waals surface area contributed by atoms with Crippen molar-refractivity contribution in [1.29, 1.82) is 0 Å². The molecular formula is C17H17F3N4O6. The molecule has 3 N–H and O–H groups in total. The second-order valence-electron chi connectivity index (χ2n) is 6.14. The summed E-state index contributed by atoms with van der Waals surface area (Å²) < 4.78 is 44.3. The minimum Gasteiger partial charge on any atom is -0.456 e. The Hall–Kier alpha value is -3.64. The van der Waals surface area contributed by atoms with Crippen LogP contribution < -0.4 is 22.5 Å². The molecule has 0 atom stereocenters. The maximum absolute atomic E-state index is 12.7.